The summed E-state index contributed by atoms with van der Waals surface area (Å²) < 4.78 is 6.06. The summed E-state index contributed by atoms with van der Waals surface area (Å²) in [5.74, 6) is 0.800. The van der Waals surface area contributed by atoms with Crippen LogP contribution in [0.2, 0.25) is 0 Å². The third-order valence-corrected chi connectivity index (χ3v) is 8.00. The summed E-state index contributed by atoms with van der Waals surface area (Å²) in [5.41, 5.74) is 1.25. The Bertz CT molecular complexity index is 1020. The van der Waals surface area contributed by atoms with Gasteiger partial charge >= 0.3 is 17.1 Å². The van der Waals surface area contributed by atoms with Gasteiger partial charge in [-0.2, -0.15) is 18.2 Å². The predicted molar refractivity (Wildman–Crippen MR) is 138 cm³/mol. The van der Waals surface area contributed by atoms with Crippen molar-refractivity contribution in [3.05, 3.63) is 131 Å². The van der Waals surface area contributed by atoms with Gasteiger partial charge in [-0.3, -0.25) is 0 Å². The second kappa shape index (κ2) is 11.6. The molecule has 0 amide bonds. The third-order valence-electron chi connectivity index (χ3n) is 5.50. The second-order valence-electron chi connectivity index (χ2n) is 8.92. The van der Waals surface area contributed by atoms with Gasteiger partial charge in [0.15, 0.2) is 0 Å². The molecule has 0 N–H and O–H groups in total. The monoisotopic (exact) mass is 495 g/mol. The van der Waals surface area contributed by atoms with Crippen molar-refractivity contribution < 1.29 is 21.8 Å². The molecule has 0 aromatic heterocycles. The van der Waals surface area contributed by atoms with E-state index in [1.165, 1.54) is 15.9 Å². The molecule has 2 nitrogen and oxygen atoms in total. The summed E-state index contributed by atoms with van der Waals surface area (Å²) in [6, 6.07) is 31.7. The van der Waals surface area contributed by atoms with Gasteiger partial charge in [0, 0.05) is 11.5 Å². The number of nitrogens with zero attached hydrogens (tertiary/aromatic N) is 1. The number of rotatable bonds is 3. The largest absolute Gasteiger partial charge is 2.00 e. The topological polar surface area (TPSA) is 23.3 Å². The summed E-state index contributed by atoms with van der Waals surface area (Å²) in [6.45, 7) is 7.33. The molecular weight excluding hydrogens is 465 g/mol. The normalized spacial score (nSPS) is 19.2. The van der Waals surface area contributed by atoms with Crippen LogP contribution in [-0.2, 0) is 21.8 Å². The van der Waals surface area contributed by atoms with E-state index in [9.17, 15) is 0 Å². The molecular formula is C29H30FeNOP. The van der Waals surface area contributed by atoms with Crippen molar-refractivity contribution >= 4 is 18.5 Å². The van der Waals surface area contributed by atoms with E-state index in [4.69, 9.17) is 10.1 Å². The molecule has 1 aliphatic carbocycles. The fraction of sp³-hybridized carbons (Fsp3) is 0.207. The van der Waals surface area contributed by atoms with E-state index in [0.717, 1.165) is 11.5 Å². The van der Waals surface area contributed by atoms with Gasteiger partial charge in [-0.1, -0.05) is 106 Å². The van der Waals surface area contributed by atoms with Crippen molar-refractivity contribution in [3.8, 4) is 0 Å². The Hall–Kier alpha value is -2.44. The van der Waals surface area contributed by atoms with E-state index in [1.54, 1.807) is 0 Å². The molecule has 0 spiro atoms. The molecule has 1 aliphatic heterocycles. The van der Waals surface area contributed by atoms with Crippen molar-refractivity contribution in [2.45, 2.75) is 26.8 Å². The minimum Gasteiger partial charge on any atom is -0.648 e. The first-order chi connectivity index (χ1) is 15.5. The molecule has 0 saturated carbocycles. The maximum absolute atomic E-state index is 6.06. The van der Waals surface area contributed by atoms with Crippen LogP contribution in [-0.4, -0.2) is 12.6 Å². The molecule has 3 aromatic rings. The molecule has 170 valence electrons. The van der Waals surface area contributed by atoms with Crippen molar-refractivity contribution in [1.29, 1.82) is 0 Å². The van der Waals surface area contributed by atoms with Crippen molar-refractivity contribution in [1.82, 2.24) is 0 Å². The summed E-state index contributed by atoms with van der Waals surface area (Å²) in [4.78, 5) is 0. The van der Waals surface area contributed by atoms with Gasteiger partial charge in [-0.05, 0) is 29.3 Å². The Morgan fingerprint density at radius 2 is 1.45 bits per heavy atom. The van der Waals surface area contributed by atoms with Crippen LogP contribution in [0, 0.1) is 5.41 Å². The van der Waals surface area contributed by atoms with E-state index >= 15 is 0 Å². The first kappa shape index (κ1) is 25.2. The molecule has 1 saturated heterocycles. The SMILES string of the molecule is CC(C)(C)[C@H]1COC(=C2C=CC=C2P(c2ccccc2)c2ccccc2)[N-]1.[Fe+2].c1cc[cH-]c1. The van der Waals surface area contributed by atoms with Gasteiger partial charge in [0.05, 0.1) is 6.61 Å². The zero-order chi connectivity index (χ0) is 22.4. The molecule has 0 radical (unpaired) electrons. The average Bonchev–Trinajstić information content (AvgIpc) is 3.58. The van der Waals surface area contributed by atoms with Gasteiger partial charge in [0.25, 0.3) is 0 Å². The summed E-state index contributed by atoms with van der Waals surface area (Å²) in [5, 5.41) is 8.94. The molecule has 3 aromatic carbocycles. The second-order valence-corrected chi connectivity index (χ2v) is 11.1. The Morgan fingerprint density at radius 1 is 0.879 bits per heavy atom. The van der Waals surface area contributed by atoms with E-state index < -0.39 is 7.92 Å². The fourth-order valence-electron chi connectivity index (χ4n) is 3.65. The molecule has 5 rings (SSSR count). The standard InChI is InChI=1S/C24H25NOP.C5H5.Fe/c1-24(2,3)22-17-26-23(25-22)20-15-10-16-21(20)27(18-11-6-4-7-12-18)19-13-8-5-9-14-19;1-2-4-5-3-1;/h4-16,22H,17H2,1-3H3;1-5H;/q2*-1;+2/t22-;;/m1../s1. The smallest absolute Gasteiger partial charge is 0.648 e. The average molecular weight is 495 g/mol. The van der Waals surface area contributed by atoms with Gasteiger partial charge in [0.2, 0.25) is 0 Å². The number of allylic oxidation sites excluding steroid dienone is 5. The Kier molecular flexibility index (Phi) is 8.87. The first-order valence-electron chi connectivity index (χ1n) is 11.1. The minimum absolute atomic E-state index is 0. The van der Waals surface area contributed by atoms with E-state index in [0.29, 0.717) is 6.61 Å². The summed E-state index contributed by atoms with van der Waals surface area (Å²) in [6.07, 6.45) is 6.51. The van der Waals surface area contributed by atoms with Gasteiger partial charge in [-0.15, -0.1) is 0 Å². The maximum Gasteiger partial charge on any atom is 2.00 e. The van der Waals surface area contributed by atoms with Gasteiger partial charge in [0.1, 0.15) is 0 Å². The van der Waals surface area contributed by atoms with Crippen LogP contribution < -0.4 is 10.6 Å². The molecule has 2 aliphatic rings. The van der Waals surface area contributed by atoms with Crippen molar-refractivity contribution in [3.63, 3.8) is 0 Å². The van der Waals surface area contributed by atoms with Crippen LogP contribution >= 0.6 is 7.92 Å². The zero-order valence-corrected chi connectivity index (χ0v) is 21.3. The molecule has 0 bridgehead atoms. The third kappa shape index (κ3) is 6.33. The number of ether oxygens (including phenoxy) is 1. The van der Waals surface area contributed by atoms with Gasteiger partial charge < -0.3 is 10.1 Å². The molecule has 33 heavy (non-hydrogen) atoms. The van der Waals surface area contributed by atoms with Gasteiger partial charge in [-0.25, -0.2) is 12.1 Å². The molecule has 1 fully saturated rings. The Labute approximate surface area is 210 Å². The van der Waals surface area contributed by atoms with Crippen LogP contribution in [0.3, 0.4) is 0 Å². The molecule has 1 heterocycles. The Balaban J connectivity index is 0.000000453. The van der Waals surface area contributed by atoms with Crippen LogP contribution in [0.4, 0.5) is 0 Å². The van der Waals surface area contributed by atoms with Crippen molar-refractivity contribution in [2.24, 2.45) is 5.41 Å². The van der Waals surface area contributed by atoms with Crippen LogP contribution in [0.1, 0.15) is 20.8 Å². The number of hydrogen-bond acceptors (Lipinski definition) is 1. The molecule has 0 unspecified atom stereocenters. The fourth-order valence-corrected chi connectivity index (χ4v) is 6.09. The molecule has 4 heteroatoms. The molecule has 1 atom stereocenters. The first-order valence-corrected chi connectivity index (χ1v) is 12.4. The summed E-state index contributed by atoms with van der Waals surface area (Å²) >= 11 is 0. The van der Waals surface area contributed by atoms with E-state index in [2.05, 4.69) is 99.7 Å². The van der Waals surface area contributed by atoms with Crippen LogP contribution in [0.25, 0.3) is 5.32 Å². The minimum atomic E-state index is -0.649. The van der Waals surface area contributed by atoms with Crippen LogP contribution in [0.15, 0.2) is 126 Å². The van der Waals surface area contributed by atoms with Crippen molar-refractivity contribution in [2.75, 3.05) is 6.61 Å². The van der Waals surface area contributed by atoms with E-state index in [1.807, 2.05) is 30.3 Å². The quantitative estimate of drug-likeness (QED) is 0.218. The van der Waals surface area contributed by atoms with E-state index in [-0.39, 0.29) is 28.5 Å². The maximum atomic E-state index is 6.06. The number of benzene rings is 2. The summed E-state index contributed by atoms with van der Waals surface area (Å²) in [7, 11) is -0.649. The van der Waals surface area contributed by atoms with Crippen LogP contribution in [0.5, 0.6) is 0 Å². The predicted octanol–water partition coefficient (Wildman–Crippen LogP) is 7.01. The Morgan fingerprint density at radius 3 is 1.91 bits per heavy atom. The zero-order valence-electron chi connectivity index (χ0n) is 19.3. The number of hydrogen-bond donors (Lipinski definition) is 0.